The minimum Gasteiger partial charge on any atom is -0.482 e. The molecule has 0 spiro atoms. The van der Waals surface area contributed by atoms with Crippen molar-refractivity contribution in [1.29, 1.82) is 0 Å². The van der Waals surface area contributed by atoms with Crippen LogP contribution in [0.5, 0.6) is 5.75 Å². The van der Waals surface area contributed by atoms with Gasteiger partial charge in [0, 0.05) is 6.54 Å². The molecule has 0 radical (unpaired) electrons. The SMILES string of the molecule is CCCNS(=O)(=O)c1ccc2c(c1)NC(=O)CO2. The van der Waals surface area contributed by atoms with E-state index in [1.807, 2.05) is 6.92 Å². The van der Waals surface area contributed by atoms with Gasteiger partial charge in [0.25, 0.3) is 5.91 Å². The van der Waals surface area contributed by atoms with E-state index >= 15 is 0 Å². The molecule has 0 atom stereocenters. The third-order valence-corrected chi connectivity index (χ3v) is 3.89. The predicted molar refractivity (Wildman–Crippen MR) is 66.0 cm³/mol. The van der Waals surface area contributed by atoms with Gasteiger partial charge in [-0.3, -0.25) is 4.79 Å². The molecule has 1 heterocycles. The Morgan fingerprint density at radius 1 is 1.44 bits per heavy atom. The fourth-order valence-corrected chi connectivity index (χ4v) is 2.71. The lowest BCUT2D eigenvalue weighted by Crippen LogP contribution is -2.27. The summed E-state index contributed by atoms with van der Waals surface area (Å²) in [5, 5.41) is 2.57. The Kier molecular flexibility index (Phi) is 3.53. The highest BCUT2D eigenvalue weighted by Gasteiger charge is 2.20. The van der Waals surface area contributed by atoms with Crippen molar-refractivity contribution in [3.8, 4) is 5.75 Å². The highest BCUT2D eigenvalue weighted by atomic mass is 32.2. The van der Waals surface area contributed by atoms with E-state index in [9.17, 15) is 13.2 Å². The largest absolute Gasteiger partial charge is 0.482 e. The third kappa shape index (κ3) is 2.62. The molecule has 1 aliphatic heterocycles. The van der Waals surface area contributed by atoms with Crippen LogP contribution in [0.2, 0.25) is 0 Å². The minimum atomic E-state index is -3.53. The van der Waals surface area contributed by atoms with Crippen LogP contribution in [-0.2, 0) is 14.8 Å². The maximum atomic E-state index is 11.9. The van der Waals surface area contributed by atoms with Gasteiger partial charge in [-0.2, -0.15) is 0 Å². The van der Waals surface area contributed by atoms with E-state index < -0.39 is 10.0 Å². The van der Waals surface area contributed by atoms with Gasteiger partial charge < -0.3 is 10.1 Å². The molecule has 7 heteroatoms. The van der Waals surface area contributed by atoms with E-state index in [1.54, 1.807) is 0 Å². The summed E-state index contributed by atoms with van der Waals surface area (Å²) >= 11 is 0. The number of benzene rings is 1. The number of fused-ring (bicyclic) bond motifs is 1. The first-order valence-electron chi connectivity index (χ1n) is 5.59. The minimum absolute atomic E-state index is 0.0484. The molecule has 0 unspecified atom stereocenters. The van der Waals surface area contributed by atoms with Gasteiger partial charge >= 0.3 is 0 Å². The molecule has 1 aromatic carbocycles. The summed E-state index contributed by atoms with van der Waals surface area (Å²) in [6.45, 7) is 2.21. The summed E-state index contributed by atoms with van der Waals surface area (Å²) in [4.78, 5) is 11.3. The molecule has 0 aliphatic carbocycles. The van der Waals surface area contributed by atoms with Crippen molar-refractivity contribution in [3.63, 3.8) is 0 Å². The van der Waals surface area contributed by atoms with Crippen LogP contribution < -0.4 is 14.8 Å². The lowest BCUT2D eigenvalue weighted by atomic mass is 10.2. The van der Waals surface area contributed by atoms with E-state index in [4.69, 9.17) is 4.74 Å². The number of hydrogen-bond donors (Lipinski definition) is 2. The van der Waals surface area contributed by atoms with Crippen LogP contribution in [0.1, 0.15) is 13.3 Å². The standard InChI is InChI=1S/C11H14N2O4S/c1-2-5-12-18(15,16)8-3-4-10-9(6-8)13-11(14)7-17-10/h3-4,6,12H,2,5,7H2,1H3,(H,13,14). The van der Waals surface area contributed by atoms with Gasteiger partial charge in [0.1, 0.15) is 5.75 Å². The molecule has 1 amide bonds. The van der Waals surface area contributed by atoms with Gasteiger partial charge in [0.15, 0.2) is 6.61 Å². The van der Waals surface area contributed by atoms with Crippen molar-refractivity contribution < 1.29 is 17.9 Å². The van der Waals surface area contributed by atoms with Crippen molar-refractivity contribution in [2.45, 2.75) is 18.2 Å². The molecule has 1 aliphatic rings. The molecule has 2 N–H and O–H groups in total. The Bertz CT molecular complexity index is 568. The Morgan fingerprint density at radius 3 is 2.94 bits per heavy atom. The zero-order valence-corrected chi connectivity index (χ0v) is 10.7. The van der Waals surface area contributed by atoms with Gasteiger partial charge in [-0.05, 0) is 24.6 Å². The van der Waals surface area contributed by atoms with Crippen LogP contribution >= 0.6 is 0 Å². The van der Waals surface area contributed by atoms with Gasteiger partial charge in [0.05, 0.1) is 10.6 Å². The number of carbonyl (C=O) groups is 1. The Hall–Kier alpha value is -1.60. The zero-order chi connectivity index (χ0) is 13.2. The molecule has 0 bridgehead atoms. The number of carbonyl (C=O) groups excluding carboxylic acids is 1. The Balaban J connectivity index is 2.31. The topological polar surface area (TPSA) is 84.5 Å². The summed E-state index contributed by atoms with van der Waals surface area (Å²) in [5.74, 6) is 0.183. The first-order chi connectivity index (χ1) is 8.53. The smallest absolute Gasteiger partial charge is 0.262 e. The average molecular weight is 270 g/mol. The second-order valence-corrected chi connectivity index (χ2v) is 5.66. The summed E-state index contributed by atoms with van der Waals surface area (Å²) < 4.78 is 31.4. The van der Waals surface area contributed by atoms with E-state index in [0.29, 0.717) is 24.4 Å². The number of sulfonamides is 1. The maximum absolute atomic E-state index is 11.9. The van der Waals surface area contributed by atoms with Crippen LogP contribution in [0.3, 0.4) is 0 Å². The summed E-state index contributed by atoms with van der Waals surface area (Å²) in [6, 6.07) is 4.38. The van der Waals surface area contributed by atoms with Crippen LogP contribution in [-0.4, -0.2) is 27.5 Å². The molecule has 1 aromatic rings. The number of rotatable bonds is 4. The first kappa shape index (κ1) is 12.8. The monoisotopic (exact) mass is 270 g/mol. The van der Waals surface area contributed by atoms with E-state index in [1.165, 1.54) is 18.2 Å². The predicted octanol–water partition coefficient (Wildman–Crippen LogP) is 0.706. The molecule has 18 heavy (non-hydrogen) atoms. The number of nitrogens with one attached hydrogen (secondary N) is 2. The molecule has 2 rings (SSSR count). The molecule has 0 saturated carbocycles. The number of anilines is 1. The van der Waals surface area contributed by atoms with E-state index in [0.717, 1.165) is 0 Å². The molecular weight excluding hydrogens is 256 g/mol. The molecular formula is C11H14N2O4S. The fraction of sp³-hybridized carbons (Fsp3) is 0.364. The summed E-state index contributed by atoms with van der Waals surface area (Å²) in [6.07, 6.45) is 0.712. The van der Waals surface area contributed by atoms with Crippen molar-refractivity contribution in [2.24, 2.45) is 0 Å². The van der Waals surface area contributed by atoms with Crippen LogP contribution in [0.4, 0.5) is 5.69 Å². The molecule has 0 aromatic heterocycles. The molecule has 0 saturated heterocycles. The number of hydrogen-bond acceptors (Lipinski definition) is 4. The Labute approximate surface area is 105 Å². The Morgan fingerprint density at radius 2 is 2.22 bits per heavy atom. The lowest BCUT2D eigenvalue weighted by Gasteiger charge is -2.18. The highest BCUT2D eigenvalue weighted by Crippen LogP contribution is 2.29. The average Bonchev–Trinajstić information content (AvgIpc) is 2.35. The van der Waals surface area contributed by atoms with Crippen LogP contribution in [0.15, 0.2) is 23.1 Å². The maximum Gasteiger partial charge on any atom is 0.262 e. The van der Waals surface area contributed by atoms with Crippen LogP contribution in [0.25, 0.3) is 0 Å². The molecule has 98 valence electrons. The van der Waals surface area contributed by atoms with Crippen molar-refractivity contribution in [3.05, 3.63) is 18.2 Å². The van der Waals surface area contributed by atoms with Crippen LogP contribution in [0, 0.1) is 0 Å². The fourth-order valence-electron chi connectivity index (χ4n) is 1.55. The lowest BCUT2D eigenvalue weighted by molar-refractivity contribution is -0.118. The number of ether oxygens (including phenoxy) is 1. The van der Waals surface area contributed by atoms with Gasteiger partial charge in [-0.15, -0.1) is 0 Å². The quantitative estimate of drug-likeness (QED) is 0.843. The van der Waals surface area contributed by atoms with E-state index in [-0.39, 0.29) is 17.4 Å². The van der Waals surface area contributed by atoms with Gasteiger partial charge in [-0.1, -0.05) is 6.92 Å². The highest BCUT2D eigenvalue weighted by molar-refractivity contribution is 7.89. The first-order valence-corrected chi connectivity index (χ1v) is 7.07. The van der Waals surface area contributed by atoms with Crippen molar-refractivity contribution in [1.82, 2.24) is 4.72 Å². The summed E-state index contributed by atoms with van der Waals surface area (Å²) in [5.41, 5.74) is 0.380. The number of amides is 1. The molecule has 0 fully saturated rings. The van der Waals surface area contributed by atoms with Gasteiger partial charge in [-0.25, -0.2) is 13.1 Å². The van der Waals surface area contributed by atoms with E-state index in [2.05, 4.69) is 10.0 Å². The summed E-state index contributed by atoms with van der Waals surface area (Å²) in [7, 11) is -3.53. The third-order valence-electron chi connectivity index (χ3n) is 2.44. The zero-order valence-electron chi connectivity index (χ0n) is 9.89. The van der Waals surface area contributed by atoms with Crippen molar-refractivity contribution in [2.75, 3.05) is 18.5 Å². The normalized spacial score (nSPS) is 14.6. The van der Waals surface area contributed by atoms with Crippen molar-refractivity contribution >= 4 is 21.6 Å². The second kappa shape index (κ2) is 4.95. The second-order valence-electron chi connectivity index (χ2n) is 3.89. The molecule has 6 nitrogen and oxygen atoms in total. The van der Waals surface area contributed by atoms with Gasteiger partial charge in [0.2, 0.25) is 10.0 Å².